The molecule has 0 amide bonds. The van der Waals surface area contributed by atoms with E-state index in [1.807, 2.05) is 0 Å². The first-order chi connectivity index (χ1) is 14.0. The zero-order valence-corrected chi connectivity index (χ0v) is 15.3. The smallest absolute Gasteiger partial charge is 0.270 e. The van der Waals surface area contributed by atoms with Gasteiger partial charge in [-0.15, -0.1) is 11.3 Å². The number of benzene rings is 2. The average Bonchev–Trinajstić information content (AvgIpc) is 3.35. The van der Waals surface area contributed by atoms with Crippen molar-refractivity contribution in [3.63, 3.8) is 0 Å². The molecule has 0 saturated carbocycles. The highest BCUT2D eigenvalue weighted by atomic mass is 32.1. The van der Waals surface area contributed by atoms with E-state index in [1.165, 1.54) is 40.4 Å². The summed E-state index contributed by atoms with van der Waals surface area (Å²) in [6.45, 7) is 0. The van der Waals surface area contributed by atoms with E-state index in [4.69, 9.17) is 0 Å². The summed E-state index contributed by atoms with van der Waals surface area (Å²) in [5.41, 5.74) is 1.14. The number of carbonyl (C=O) groups is 1. The molecule has 10 heteroatoms. The third kappa shape index (κ3) is 3.52. The van der Waals surface area contributed by atoms with Gasteiger partial charge in [-0.05, 0) is 12.1 Å². The fraction of sp³-hybridized carbons (Fsp3) is 0. The second-order valence-corrected chi connectivity index (χ2v) is 6.78. The highest BCUT2D eigenvalue weighted by Gasteiger charge is 2.18. The third-order valence-corrected chi connectivity index (χ3v) is 4.93. The predicted molar refractivity (Wildman–Crippen MR) is 102 cm³/mol. The number of non-ortho nitro benzene ring substituents is 1. The second kappa shape index (κ2) is 7.32. The van der Waals surface area contributed by atoms with Crippen LogP contribution in [0.15, 0.2) is 54.0 Å². The van der Waals surface area contributed by atoms with Gasteiger partial charge >= 0.3 is 0 Å². The molecule has 0 fully saturated rings. The Morgan fingerprint density at radius 2 is 2.00 bits per heavy atom. The van der Waals surface area contributed by atoms with Crippen LogP contribution in [0.4, 0.5) is 14.5 Å². The Labute approximate surface area is 166 Å². The van der Waals surface area contributed by atoms with Crippen molar-refractivity contribution in [1.29, 1.82) is 0 Å². The van der Waals surface area contributed by atoms with E-state index in [0.29, 0.717) is 28.7 Å². The monoisotopic (exact) mass is 412 g/mol. The van der Waals surface area contributed by atoms with Gasteiger partial charge in [0.25, 0.3) is 5.69 Å². The number of hydrogen-bond acceptors (Lipinski definition) is 6. The average molecular weight is 412 g/mol. The van der Waals surface area contributed by atoms with Gasteiger partial charge in [-0.1, -0.05) is 12.1 Å². The molecule has 0 aliphatic heterocycles. The van der Waals surface area contributed by atoms with Crippen LogP contribution in [-0.2, 0) is 0 Å². The van der Waals surface area contributed by atoms with E-state index in [-0.39, 0.29) is 22.5 Å². The maximum absolute atomic E-state index is 14.1. The van der Waals surface area contributed by atoms with E-state index >= 15 is 0 Å². The zero-order valence-electron chi connectivity index (χ0n) is 14.5. The highest BCUT2D eigenvalue weighted by Crippen LogP contribution is 2.29. The van der Waals surface area contributed by atoms with Crippen molar-refractivity contribution < 1.29 is 18.5 Å². The van der Waals surface area contributed by atoms with E-state index in [1.54, 1.807) is 17.5 Å². The minimum atomic E-state index is -0.838. The molecule has 0 bridgehead atoms. The first-order valence-corrected chi connectivity index (χ1v) is 9.05. The first-order valence-electron chi connectivity index (χ1n) is 8.17. The van der Waals surface area contributed by atoms with Crippen molar-refractivity contribution in [3.05, 3.63) is 81.4 Å². The molecule has 0 radical (unpaired) electrons. The Morgan fingerprint density at radius 3 is 2.72 bits per heavy atom. The lowest BCUT2D eigenvalue weighted by molar-refractivity contribution is -0.384. The van der Waals surface area contributed by atoms with Gasteiger partial charge in [-0.25, -0.2) is 18.4 Å². The van der Waals surface area contributed by atoms with Crippen molar-refractivity contribution in [2.75, 3.05) is 0 Å². The van der Waals surface area contributed by atoms with Crippen molar-refractivity contribution in [2.24, 2.45) is 0 Å². The molecule has 0 atom stereocenters. The molecule has 2 aromatic carbocycles. The number of hydrogen-bond donors (Lipinski definition) is 0. The molecule has 0 saturated heterocycles. The number of carbonyl (C=O) groups excluding carboxylic acids is 1. The topological polar surface area (TPSA) is 90.9 Å². The zero-order chi connectivity index (χ0) is 20.5. The lowest BCUT2D eigenvalue weighted by Crippen LogP contribution is -1.95. The molecule has 4 rings (SSSR count). The number of nitro groups is 1. The van der Waals surface area contributed by atoms with Crippen LogP contribution in [0.1, 0.15) is 10.4 Å². The van der Waals surface area contributed by atoms with Crippen LogP contribution in [0, 0.1) is 21.7 Å². The van der Waals surface area contributed by atoms with Crippen LogP contribution in [0.25, 0.3) is 27.6 Å². The molecule has 2 aromatic heterocycles. The molecular weight excluding hydrogens is 402 g/mol. The molecule has 0 aliphatic rings. The maximum Gasteiger partial charge on any atom is 0.270 e. The normalized spacial score (nSPS) is 10.8. The molecule has 2 heterocycles. The largest absolute Gasteiger partial charge is 0.298 e. The van der Waals surface area contributed by atoms with E-state index in [2.05, 4.69) is 10.1 Å². The van der Waals surface area contributed by atoms with Crippen LogP contribution < -0.4 is 0 Å². The van der Waals surface area contributed by atoms with Gasteiger partial charge in [0, 0.05) is 40.9 Å². The Morgan fingerprint density at radius 1 is 1.17 bits per heavy atom. The van der Waals surface area contributed by atoms with Gasteiger partial charge in [0.05, 0.1) is 16.2 Å². The van der Waals surface area contributed by atoms with Crippen LogP contribution in [-0.4, -0.2) is 26.0 Å². The summed E-state index contributed by atoms with van der Waals surface area (Å²) in [4.78, 5) is 26.3. The summed E-state index contributed by atoms with van der Waals surface area (Å²) in [5, 5.41) is 17.2. The minimum Gasteiger partial charge on any atom is -0.298 e. The summed E-state index contributed by atoms with van der Waals surface area (Å²) in [6, 6.07) is 9.02. The number of halogens is 2. The Balaban J connectivity index is 1.74. The van der Waals surface area contributed by atoms with Crippen LogP contribution >= 0.6 is 11.3 Å². The predicted octanol–water partition coefficient (Wildman–Crippen LogP) is 4.66. The van der Waals surface area contributed by atoms with Gasteiger partial charge in [-0.2, -0.15) is 5.10 Å². The molecule has 29 heavy (non-hydrogen) atoms. The van der Waals surface area contributed by atoms with Gasteiger partial charge < -0.3 is 0 Å². The van der Waals surface area contributed by atoms with Crippen LogP contribution in [0.5, 0.6) is 0 Å². The molecule has 144 valence electrons. The number of aldehydes is 1. The maximum atomic E-state index is 14.1. The number of aromatic nitrogens is 3. The van der Waals surface area contributed by atoms with Crippen molar-refractivity contribution >= 4 is 23.3 Å². The molecule has 0 aliphatic carbocycles. The van der Waals surface area contributed by atoms with E-state index in [0.717, 1.165) is 6.07 Å². The van der Waals surface area contributed by atoms with Gasteiger partial charge in [0.2, 0.25) is 5.13 Å². The molecule has 4 aromatic rings. The molecule has 7 nitrogen and oxygen atoms in total. The Kier molecular flexibility index (Phi) is 4.69. The lowest BCUT2D eigenvalue weighted by atomic mass is 10.1. The first kappa shape index (κ1) is 18.6. The quantitative estimate of drug-likeness (QED) is 0.270. The third-order valence-electron chi connectivity index (χ3n) is 4.10. The fourth-order valence-corrected chi connectivity index (χ4v) is 3.50. The molecule has 0 unspecified atom stereocenters. The molecular formula is C19H10F2N4O3S. The van der Waals surface area contributed by atoms with Gasteiger partial charge in [0.1, 0.15) is 17.3 Å². The summed E-state index contributed by atoms with van der Waals surface area (Å²) < 4.78 is 28.6. The summed E-state index contributed by atoms with van der Waals surface area (Å²) in [5.74, 6) is -1.57. The van der Waals surface area contributed by atoms with Crippen molar-refractivity contribution in [1.82, 2.24) is 14.8 Å². The fourth-order valence-electron chi connectivity index (χ4n) is 2.74. The van der Waals surface area contributed by atoms with E-state index in [9.17, 15) is 23.7 Å². The van der Waals surface area contributed by atoms with Crippen LogP contribution in [0.3, 0.4) is 0 Å². The summed E-state index contributed by atoms with van der Waals surface area (Å²) >= 11 is 1.20. The van der Waals surface area contributed by atoms with Crippen molar-refractivity contribution in [2.45, 2.75) is 0 Å². The van der Waals surface area contributed by atoms with Crippen LogP contribution in [0.2, 0.25) is 0 Å². The second-order valence-electron chi connectivity index (χ2n) is 5.94. The molecule has 0 N–H and O–H groups in total. The summed E-state index contributed by atoms with van der Waals surface area (Å²) in [7, 11) is 0. The Bertz CT molecular complexity index is 1250. The SMILES string of the molecule is O=Cc1cn(-c2nc(-c3cccc([N+](=O)[O-])c3)cs2)nc1-c1ccc(F)cc1F. The number of rotatable bonds is 5. The van der Waals surface area contributed by atoms with Crippen molar-refractivity contribution in [3.8, 4) is 27.6 Å². The summed E-state index contributed by atoms with van der Waals surface area (Å²) in [6.07, 6.45) is 1.91. The number of nitro benzene ring substituents is 1. The number of thiazole rings is 1. The van der Waals surface area contributed by atoms with Gasteiger partial charge in [-0.3, -0.25) is 14.9 Å². The Hall–Kier alpha value is -3.79. The minimum absolute atomic E-state index is 0.0114. The standard InChI is InChI=1S/C19H10F2N4O3S/c20-13-4-5-15(16(21)7-13)18-12(9-26)8-24(23-18)19-22-17(10-29-19)11-2-1-3-14(6-11)25(27)28/h1-10H. The highest BCUT2D eigenvalue weighted by molar-refractivity contribution is 7.12. The van der Waals surface area contributed by atoms with Gasteiger partial charge in [0.15, 0.2) is 6.29 Å². The van der Waals surface area contributed by atoms with E-state index < -0.39 is 16.6 Å². The molecule has 0 spiro atoms. The number of nitrogens with zero attached hydrogens (tertiary/aromatic N) is 4. The lowest BCUT2D eigenvalue weighted by Gasteiger charge is -2.00.